The lowest BCUT2D eigenvalue weighted by atomic mass is 10.0. The highest BCUT2D eigenvalue weighted by atomic mass is 14.3. The first-order chi connectivity index (χ1) is 12.3. The molecule has 0 bridgehead atoms. The molecule has 0 saturated heterocycles. The Bertz CT molecular complexity index is 245. The molecule has 25 heavy (non-hydrogen) atoms. The Morgan fingerprint density at radius 1 is 0.640 bits per heavy atom. The van der Waals surface area contributed by atoms with Crippen molar-refractivity contribution in [3.63, 3.8) is 0 Å². The summed E-state index contributed by atoms with van der Waals surface area (Å²) in [5, 5.41) is 0. The first-order valence-corrected chi connectivity index (χ1v) is 12.0. The second-order valence-electron chi connectivity index (χ2n) is 7.39. The quantitative estimate of drug-likeness (QED) is 0.215. The van der Waals surface area contributed by atoms with Crippen LogP contribution in [0.4, 0.5) is 0 Å². The minimum absolute atomic E-state index is 0.999. The molecule has 0 aromatic rings. The second-order valence-corrected chi connectivity index (χ2v) is 7.39. The molecular weight excluding hydrogens is 300 g/mol. The molecule has 0 amide bonds. The summed E-state index contributed by atoms with van der Waals surface area (Å²) in [6, 6.07) is 0. The highest BCUT2D eigenvalue weighted by Crippen LogP contribution is 2.39. The van der Waals surface area contributed by atoms with Crippen LogP contribution in [0.1, 0.15) is 144 Å². The summed E-state index contributed by atoms with van der Waals surface area (Å²) >= 11 is 0. The molecule has 1 aliphatic carbocycles. The third-order valence-corrected chi connectivity index (χ3v) is 4.89. The summed E-state index contributed by atoms with van der Waals surface area (Å²) in [4.78, 5) is 0. The molecule has 1 rings (SSSR count). The van der Waals surface area contributed by atoms with Gasteiger partial charge in [0.2, 0.25) is 0 Å². The number of unbranched alkanes of at least 4 members (excludes halogenated alkanes) is 10. The Labute approximate surface area is 162 Å². The van der Waals surface area contributed by atoms with Crippen LogP contribution >= 0.6 is 0 Å². The molecule has 0 heterocycles. The van der Waals surface area contributed by atoms with Gasteiger partial charge in [-0.3, -0.25) is 0 Å². The number of rotatable bonds is 14. The second kappa shape index (κ2) is 23.7. The molecule has 0 aliphatic heterocycles. The van der Waals surface area contributed by atoms with E-state index in [4.69, 9.17) is 0 Å². The average molecular weight is 353 g/mol. The van der Waals surface area contributed by atoms with Crippen molar-refractivity contribution in [2.75, 3.05) is 0 Å². The van der Waals surface area contributed by atoms with E-state index < -0.39 is 0 Å². The van der Waals surface area contributed by atoms with Crippen molar-refractivity contribution in [1.82, 2.24) is 0 Å². The average Bonchev–Trinajstić information content (AvgIpc) is 3.49. The maximum absolute atomic E-state index is 2.51. The Balaban J connectivity index is 0. The van der Waals surface area contributed by atoms with Gasteiger partial charge >= 0.3 is 0 Å². The van der Waals surface area contributed by atoms with E-state index in [1.165, 1.54) is 103 Å². The summed E-state index contributed by atoms with van der Waals surface area (Å²) < 4.78 is 0. The summed E-state index contributed by atoms with van der Waals surface area (Å²) in [6.45, 7) is 12.9. The van der Waals surface area contributed by atoms with Crippen LogP contribution in [-0.4, -0.2) is 0 Å². The van der Waals surface area contributed by atoms with Crippen LogP contribution in [-0.2, 0) is 0 Å². The SMILES string of the molecule is CC.CC/C=C(/CCCCCCCCCCCC)C1CC1.CCCC. The van der Waals surface area contributed by atoms with Crippen LogP contribution in [0.15, 0.2) is 11.6 Å². The van der Waals surface area contributed by atoms with Crippen molar-refractivity contribution in [2.24, 2.45) is 5.92 Å². The van der Waals surface area contributed by atoms with E-state index >= 15 is 0 Å². The topological polar surface area (TPSA) is 0 Å². The fraction of sp³-hybridized carbons (Fsp3) is 0.920. The van der Waals surface area contributed by atoms with Crippen LogP contribution < -0.4 is 0 Å². The largest absolute Gasteiger partial charge is 0.0853 e. The molecular formula is C25H52. The van der Waals surface area contributed by atoms with E-state index in [2.05, 4.69) is 33.8 Å². The molecule has 1 fully saturated rings. The lowest BCUT2D eigenvalue weighted by Crippen LogP contribution is -1.88. The zero-order valence-electron chi connectivity index (χ0n) is 19.0. The zero-order valence-corrected chi connectivity index (χ0v) is 19.0. The Hall–Kier alpha value is -0.260. The predicted octanol–water partition coefficient (Wildman–Crippen LogP) is 9.88. The van der Waals surface area contributed by atoms with Gasteiger partial charge in [-0.25, -0.2) is 0 Å². The Morgan fingerprint density at radius 2 is 1.08 bits per heavy atom. The Kier molecular flexibility index (Phi) is 25.6. The van der Waals surface area contributed by atoms with Crippen LogP contribution in [0.5, 0.6) is 0 Å². The van der Waals surface area contributed by atoms with Crippen molar-refractivity contribution in [3.05, 3.63) is 11.6 Å². The molecule has 0 nitrogen and oxygen atoms in total. The molecule has 0 aromatic heterocycles. The van der Waals surface area contributed by atoms with Crippen molar-refractivity contribution in [2.45, 2.75) is 144 Å². The minimum Gasteiger partial charge on any atom is -0.0853 e. The molecule has 1 saturated carbocycles. The molecule has 152 valence electrons. The van der Waals surface area contributed by atoms with Gasteiger partial charge in [0.25, 0.3) is 0 Å². The van der Waals surface area contributed by atoms with Crippen LogP contribution in [0, 0.1) is 5.92 Å². The lowest BCUT2D eigenvalue weighted by molar-refractivity contribution is 0.554. The molecule has 0 radical (unpaired) electrons. The van der Waals surface area contributed by atoms with E-state index in [1.54, 1.807) is 5.57 Å². The van der Waals surface area contributed by atoms with Gasteiger partial charge in [-0.2, -0.15) is 0 Å². The standard InChI is InChI=1S/C19H36.C4H10.C2H6/c1-3-5-6-7-8-9-10-11-12-13-15-18(14-4-2)19-16-17-19;1-3-4-2;1-2/h14,19H,3-13,15-17H2,1-2H3;3-4H2,1-2H3;1-2H3/b18-14-;;. The molecule has 0 spiro atoms. The summed E-state index contributed by atoms with van der Waals surface area (Å²) in [6.07, 6.45) is 25.3. The maximum Gasteiger partial charge on any atom is -0.0203 e. The number of hydrogen-bond acceptors (Lipinski definition) is 0. The van der Waals surface area contributed by atoms with Gasteiger partial charge in [0.1, 0.15) is 0 Å². The van der Waals surface area contributed by atoms with Gasteiger partial charge in [0.05, 0.1) is 0 Å². The fourth-order valence-corrected chi connectivity index (χ4v) is 3.01. The van der Waals surface area contributed by atoms with Gasteiger partial charge < -0.3 is 0 Å². The van der Waals surface area contributed by atoms with Crippen LogP contribution in [0.2, 0.25) is 0 Å². The number of allylic oxidation sites excluding steroid dienone is 2. The van der Waals surface area contributed by atoms with E-state index in [0.717, 1.165) is 5.92 Å². The van der Waals surface area contributed by atoms with Gasteiger partial charge in [-0.1, -0.05) is 124 Å². The van der Waals surface area contributed by atoms with Crippen molar-refractivity contribution in [3.8, 4) is 0 Å². The summed E-state index contributed by atoms with van der Waals surface area (Å²) in [5.41, 5.74) is 1.79. The van der Waals surface area contributed by atoms with Gasteiger partial charge in [0.15, 0.2) is 0 Å². The molecule has 0 N–H and O–H groups in total. The summed E-state index contributed by atoms with van der Waals surface area (Å²) in [7, 11) is 0. The first-order valence-electron chi connectivity index (χ1n) is 12.0. The van der Waals surface area contributed by atoms with Crippen LogP contribution in [0.25, 0.3) is 0 Å². The minimum atomic E-state index is 0.999. The number of hydrogen-bond donors (Lipinski definition) is 0. The molecule has 0 unspecified atom stereocenters. The van der Waals surface area contributed by atoms with Gasteiger partial charge in [0, 0.05) is 0 Å². The van der Waals surface area contributed by atoms with E-state index in [0.29, 0.717) is 0 Å². The van der Waals surface area contributed by atoms with Gasteiger partial charge in [-0.15, -0.1) is 0 Å². The smallest absolute Gasteiger partial charge is 0.0203 e. The maximum atomic E-state index is 2.51. The third-order valence-electron chi connectivity index (χ3n) is 4.89. The summed E-state index contributed by atoms with van der Waals surface area (Å²) in [5.74, 6) is 0.999. The van der Waals surface area contributed by atoms with Crippen molar-refractivity contribution >= 4 is 0 Å². The third kappa shape index (κ3) is 21.7. The van der Waals surface area contributed by atoms with E-state index in [9.17, 15) is 0 Å². The van der Waals surface area contributed by atoms with Crippen molar-refractivity contribution in [1.29, 1.82) is 0 Å². The molecule has 0 heteroatoms. The monoisotopic (exact) mass is 352 g/mol. The van der Waals surface area contributed by atoms with Crippen molar-refractivity contribution < 1.29 is 0 Å². The molecule has 1 aliphatic rings. The fourth-order valence-electron chi connectivity index (χ4n) is 3.01. The van der Waals surface area contributed by atoms with E-state index in [1.807, 2.05) is 13.8 Å². The first kappa shape index (κ1) is 27.0. The lowest BCUT2D eigenvalue weighted by Gasteiger charge is -2.06. The highest BCUT2D eigenvalue weighted by molar-refractivity contribution is 5.12. The Morgan fingerprint density at radius 3 is 1.44 bits per heavy atom. The zero-order chi connectivity index (χ0) is 19.2. The van der Waals surface area contributed by atoms with E-state index in [-0.39, 0.29) is 0 Å². The predicted molar refractivity (Wildman–Crippen MR) is 119 cm³/mol. The van der Waals surface area contributed by atoms with Gasteiger partial charge in [-0.05, 0) is 38.0 Å². The highest BCUT2D eigenvalue weighted by Gasteiger charge is 2.24. The van der Waals surface area contributed by atoms with Crippen LogP contribution in [0.3, 0.4) is 0 Å². The normalized spacial score (nSPS) is 13.6. The molecule has 0 aromatic carbocycles. The molecule has 0 atom stereocenters.